The predicted molar refractivity (Wildman–Crippen MR) is 173 cm³/mol. The van der Waals surface area contributed by atoms with Crippen LogP contribution in [0.1, 0.15) is 46.3 Å². The van der Waals surface area contributed by atoms with Crippen LogP contribution in [0.3, 0.4) is 0 Å². The molecule has 50 heavy (non-hydrogen) atoms. The first-order chi connectivity index (χ1) is 23.9. The van der Waals surface area contributed by atoms with Crippen LogP contribution >= 0.6 is 16.1 Å². The molecule has 5 rings (SSSR count). The number of hydrogen-bond donors (Lipinski definition) is 5. The summed E-state index contributed by atoms with van der Waals surface area (Å²) in [6.07, 6.45) is 0.874. The molecule has 1 saturated heterocycles. The molecule has 5 N–H and O–H groups in total. The van der Waals surface area contributed by atoms with Gasteiger partial charge in [0.05, 0.1) is 44.2 Å². The van der Waals surface area contributed by atoms with Gasteiger partial charge in [0.25, 0.3) is 5.56 Å². The lowest BCUT2D eigenvalue weighted by Crippen LogP contribution is -2.28. The summed E-state index contributed by atoms with van der Waals surface area (Å²) in [6, 6.07) is 3.40. The number of nitrogens with one attached hydrogen (secondary N) is 3. The minimum atomic E-state index is -4.40. The number of aliphatic hydroxyl groups excluding tert-OH is 1. The number of aromatic nitrogens is 6. The molecule has 2 aliphatic rings. The molecule has 2 fully saturated rings. The fourth-order valence-electron chi connectivity index (χ4n) is 5.69. The van der Waals surface area contributed by atoms with Crippen LogP contribution in [-0.4, -0.2) is 89.6 Å². The molecule has 3 aromatic heterocycles. The lowest BCUT2D eigenvalue weighted by atomic mass is 10.0. The molecule has 270 valence electrons. The van der Waals surface area contributed by atoms with Crippen molar-refractivity contribution in [1.29, 1.82) is 5.26 Å². The van der Waals surface area contributed by atoms with Gasteiger partial charge in [0, 0.05) is 41.2 Å². The molecule has 3 aromatic rings. The highest BCUT2D eigenvalue weighted by Gasteiger charge is 2.50. The zero-order valence-corrected chi connectivity index (χ0v) is 29.1. The number of anilines is 2. The van der Waals surface area contributed by atoms with Gasteiger partial charge in [-0.1, -0.05) is 20.8 Å². The van der Waals surface area contributed by atoms with E-state index in [1.54, 1.807) is 33.0 Å². The Morgan fingerprint density at radius 1 is 1.32 bits per heavy atom. The average Bonchev–Trinajstić information content (AvgIpc) is 3.75. The molecule has 1 amide bonds. The number of amides is 1. The van der Waals surface area contributed by atoms with E-state index < -0.39 is 76.4 Å². The summed E-state index contributed by atoms with van der Waals surface area (Å²) in [5.74, 6) is -1.50. The Hall–Kier alpha value is -3.76. The molecule has 0 aromatic carbocycles. The summed E-state index contributed by atoms with van der Waals surface area (Å²) in [5.41, 5.74) is -0.759. The van der Waals surface area contributed by atoms with Crippen LogP contribution in [0.4, 0.5) is 11.8 Å². The number of phosphoric ester groups is 1. The minimum absolute atomic E-state index is 0.0106. The third-order valence-electron chi connectivity index (χ3n) is 8.31. The van der Waals surface area contributed by atoms with Gasteiger partial charge in [0.1, 0.15) is 12.1 Å². The van der Waals surface area contributed by atoms with E-state index in [0.29, 0.717) is 18.7 Å². The van der Waals surface area contributed by atoms with E-state index in [1.165, 1.54) is 17.2 Å². The molecule has 2 unspecified atom stereocenters. The molecule has 4 heterocycles. The molecule has 0 radical (unpaired) electrons. The highest BCUT2D eigenvalue weighted by Crippen LogP contribution is 2.54. The number of hydrogen-bond acceptors (Lipinski definition) is 16. The van der Waals surface area contributed by atoms with Gasteiger partial charge in [-0.05, 0) is 18.9 Å². The van der Waals surface area contributed by atoms with Crippen LogP contribution in [0.25, 0.3) is 11.2 Å². The molecule has 22 heteroatoms. The highest BCUT2D eigenvalue weighted by atomic mass is 31.2. The summed E-state index contributed by atoms with van der Waals surface area (Å²) in [4.78, 5) is 53.7. The predicted octanol–water partition coefficient (Wildman–Crippen LogP) is 2.40. The number of phosphoric acid groups is 1. The molecular formula is C28H38N9O11P2+. The second-order valence-corrected chi connectivity index (χ2v) is 14.4. The molecule has 0 bridgehead atoms. The number of nitriles is 1. The van der Waals surface area contributed by atoms with Gasteiger partial charge in [-0.15, -0.1) is 9.42 Å². The number of ether oxygens (including phenoxy) is 1. The van der Waals surface area contributed by atoms with Crippen LogP contribution in [0.5, 0.6) is 0 Å². The molecule has 1 saturated carbocycles. The number of aliphatic hydroxyl groups is 1. The number of H-pyrrole nitrogens is 1. The van der Waals surface area contributed by atoms with Crippen LogP contribution in [-0.2, 0) is 36.8 Å². The first-order valence-electron chi connectivity index (χ1n) is 15.7. The Balaban J connectivity index is 1.35. The van der Waals surface area contributed by atoms with Crippen molar-refractivity contribution in [1.82, 2.24) is 29.5 Å². The van der Waals surface area contributed by atoms with Crippen molar-refractivity contribution in [3.8, 4) is 6.07 Å². The Bertz CT molecular complexity index is 1800. The maximum Gasteiger partial charge on any atom is 0.695 e. The molecule has 9 atom stereocenters. The standard InChI is InChI=1S/C28H37N9O11P2/c1-15(2)25(39)35-28-34-24-22(26(40)36-28)32-14-37(24)27-23(47-49(41)42)16(3)20(46-27)12-45-50(43,44-8-4-6-29)48-19-10-18(9-17(19)11-38)33-21-5-7-30-13-31-21/h5,7,13-20,23,27,38H,4,8-12H2,1-3H3,(H3-,30,31,33,34,35,36,39,40,41,42)/p+1/t16-,17-,18-,19+,20-,23-,27-,50?/m1/s1. The number of carbonyl (C=O) groups excluding carboxylic acids is 1. The highest BCUT2D eigenvalue weighted by molar-refractivity contribution is 7.48. The first kappa shape index (κ1) is 37.5. The second kappa shape index (κ2) is 16.5. The maximum absolute atomic E-state index is 14.0. The van der Waals surface area contributed by atoms with E-state index in [2.05, 4.69) is 35.6 Å². The minimum Gasteiger partial charge on any atom is -0.396 e. The Labute approximate surface area is 286 Å². The number of imidazole rings is 1. The van der Waals surface area contributed by atoms with Gasteiger partial charge in [-0.3, -0.25) is 38.0 Å². The Morgan fingerprint density at radius 2 is 2.12 bits per heavy atom. The van der Waals surface area contributed by atoms with Crippen LogP contribution in [0.15, 0.2) is 29.7 Å². The third-order valence-corrected chi connectivity index (χ3v) is 10.2. The van der Waals surface area contributed by atoms with Crippen molar-refractivity contribution in [2.24, 2.45) is 17.8 Å². The quantitative estimate of drug-likeness (QED) is 0.104. The lowest BCUT2D eigenvalue weighted by Gasteiger charge is -2.25. The summed E-state index contributed by atoms with van der Waals surface area (Å²) in [6.45, 7) is 4.01. The smallest absolute Gasteiger partial charge is 0.396 e. The van der Waals surface area contributed by atoms with E-state index in [0.717, 1.165) is 0 Å². The molecule has 1 aliphatic heterocycles. The Morgan fingerprint density at radius 3 is 2.80 bits per heavy atom. The van der Waals surface area contributed by atoms with Gasteiger partial charge >= 0.3 is 16.1 Å². The maximum atomic E-state index is 14.0. The van der Waals surface area contributed by atoms with Crippen molar-refractivity contribution in [2.45, 2.75) is 70.6 Å². The molecular weight excluding hydrogens is 700 g/mol. The SMILES string of the molecule is CC(C)C(=O)Nc1nc2c(ncn2[C@@H]2O[C@H](COP(=O)(OCCC#N)O[C@H]3C[C@H](Nc4ccncn4)C[C@@H]3CO)[C@@H](C)[C@H]2O[P+](=O)O)c(=O)[nH]1. The van der Waals surface area contributed by atoms with Gasteiger partial charge in [-0.2, -0.15) is 10.2 Å². The van der Waals surface area contributed by atoms with E-state index in [-0.39, 0.29) is 42.8 Å². The van der Waals surface area contributed by atoms with E-state index in [9.17, 15) is 28.7 Å². The average molecular weight is 739 g/mol. The normalized spacial score (nSPS) is 26.5. The van der Waals surface area contributed by atoms with Crippen molar-refractivity contribution < 1.29 is 46.8 Å². The fourth-order valence-corrected chi connectivity index (χ4v) is 7.63. The fraction of sp³-hybridized carbons (Fsp3) is 0.607. The molecule has 0 spiro atoms. The van der Waals surface area contributed by atoms with Gasteiger partial charge in [-0.25, -0.2) is 19.5 Å². The van der Waals surface area contributed by atoms with Crippen LogP contribution < -0.4 is 16.2 Å². The van der Waals surface area contributed by atoms with E-state index in [4.69, 9.17) is 28.1 Å². The number of aromatic amines is 1. The van der Waals surface area contributed by atoms with Crippen molar-refractivity contribution >= 4 is 44.9 Å². The third kappa shape index (κ3) is 8.93. The molecule has 1 aliphatic carbocycles. The van der Waals surface area contributed by atoms with E-state index >= 15 is 0 Å². The zero-order valence-electron chi connectivity index (χ0n) is 27.3. The van der Waals surface area contributed by atoms with Crippen LogP contribution in [0, 0.1) is 29.1 Å². The van der Waals surface area contributed by atoms with Gasteiger partial charge < -0.3 is 15.2 Å². The number of rotatable bonds is 16. The zero-order chi connectivity index (χ0) is 36.0. The topological polar surface area (TPSA) is 275 Å². The summed E-state index contributed by atoms with van der Waals surface area (Å²) in [5, 5.41) is 24.9. The van der Waals surface area contributed by atoms with Crippen molar-refractivity contribution in [2.75, 3.05) is 30.5 Å². The lowest BCUT2D eigenvalue weighted by molar-refractivity contribution is -0.118. The summed E-state index contributed by atoms with van der Waals surface area (Å²) in [7, 11) is -7.54. The van der Waals surface area contributed by atoms with E-state index in [1.807, 2.05) is 6.07 Å². The molecule has 20 nitrogen and oxygen atoms in total. The van der Waals surface area contributed by atoms with Crippen molar-refractivity contribution in [3.05, 3.63) is 35.3 Å². The van der Waals surface area contributed by atoms with Gasteiger partial charge in [0.15, 0.2) is 23.5 Å². The Kier molecular flexibility index (Phi) is 12.4. The largest absolute Gasteiger partial charge is 0.695 e. The number of carbonyl (C=O) groups is 1. The summed E-state index contributed by atoms with van der Waals surface area (Å²) < 4.78 is 56.0. The second-order valence-electron chi connectivity index (χ2n) is 12.1. The monoisotopic (exact) mass is 738 g/mol. The summed E-state index contributed by atoms with van der Waals surface area (Å²) >= 11 is 0. The van der Waals surface area contributed by atoms with Crippen molar-refractivity contribution in [3.63, 3.8) is 0 Å². The first-order valence-corrected chi connectivity index (χ1v) is 18.3. The number of fused-ring (bicyclic) bond motifs is 1. The van der Waals surface area contributed by atoms with Crippen LogP contribution in [0.2, 0.25) is 0 Å². The number of nitrogens with zero attached hydrogens (tertiary/aromatic N) is 6. The van der Waals surface area contributed by atoms with Gasteiger partial charge in [0.2, 0.25) is 11.9 Å².